The number of aliphatic carboxylic acids is 1. The smallest absolute Gasteiger partial charge is 0.449 e. The molecule has 6 fully saturated rings. The Labute approximate surface area is 336 Å². The summed E-state index contributed by atoms with van der Waals surface area (Å²) in [5.41, 5.74) is -2.81. The van der Waals surface area contributed by atoms with Gasteiger partial charge in [0.05, 0.1) is 13.2 Å². The molecule has 0 aromatic rings. The molecule has 320 valence electrons. The Hall–Kier alpha value is -1.00. The van der Waals surface area contributed by atoms with Crippen LogP contribution in [0.4, 0.5) is 26.3 Å². The van der Waals surface area contributed by atoms with E-state index in [1.165, 1.54) is 11.8 Å². The molecule has 18 heteroatoms. The fraction of sp³-hybridized carbons (Fsp3) is 0.921. The average Bonchev–Trinajstić information content (AvgIpc) is 3.23. The van der Waals surface area contributed by atoms with E-state index in [1.54, 1.807) is 13.8 Å². The molecule has 0 radical (unpaired) electrons. The highest BCUT2D eigenvalue weighted by molar-refractivity contribution is 14.1. The first-order chi connectivity index (χ1) is 26.0. The lowest BCUT2D eigenvalue weighted by Gasteiger charge is -2.61. The Balaban J connectivity index is 1.09. The molecule has 7 rings (SSSR count). The maximum Gasteiger partial charge on any atom is 0.449 e. The summed E-state index contributed by atoms with van der Waals surface area (Å²) in [7, 11) is 0. The van der Waals surface area contributed by atoms with Gasteiger partial charge in [-0.2, -0.15) is 26.3 Å². The number of fused-ring (bicyclic) bond motifs is 1. The van der Waals surface area contributed by atoms with E-state index in [9.17, 15) is 28.3 Å². The van der Waals surface area contributed by atoms with Crippen molar-refractivity contribution in [3.05, 3.63) is 11.3 Å². The number of alkyl halides is 7. The van der Waals surface area contributed by atoms with Crippen molar-refractivity contribution in [3.8, 4) is 0 Å². The molecule has 1 spiro atoms. The minimum Gasteiger partial charge on any atom is -0.480 e. The van der Waals surface area contributed by atoms with Crippen LogP contribution in [0.5, 0.6) is 0 Å². The van der Waals surface area contributed by atoms with Gasteiger partial charge in [-0.1, -0.05) is 20.8 Å². The largest absolute Gasteiger partial charge is 0.480 e. The Bertz CT molecular complexity index is 1530. The monoisotopic (exact) mass is 925 g/mol. The number of unbranched alkanes of at least 4 members (excludes halogenated alkanes) is 1. The van der Waals surface area contributed by atoms with Crippen molar-refractivity contribution in [1.82, 2.24) is 4.90 Å². The summed E-state index contributed by atoms with van der Waals surface area (Å²) in [4.78, 5) is 18.6. The molecule has 2 bridgehead atoms. The Morgan fingerprint density at radius 1 is 0.893 bits per heavy atom. The number of halogens is 7. The Morgan fingerprint density at radius 2 is 1.57 bits per heavy atom. The van der Waals surface area contributed by atoms with E-state index in [4.69, 9.17) is 33.3 Å². The van der Waals surface area contributed by atoms with Crippen LogP contribution in [0.25, 0.3) is 0 Å². The van der Waals surface area contributed by atoms with E-state index < -0.39 is 100 Å². The summed E-state index contributed by atoms with van der Waals surface area (Å²) in [5.74, 6) is -9.93. The average molecular weight is 926 g/mol. The van der Waals surface area contributed by atoms with Crippen molar-refractivity contribution in [2.24, 2.45) is 41.4 Å². The first-order valence-electron chi connectivity index (χ1n) is 19.9. The van der Waals surface area contributed by atoms with Crippen molar-refractivity contribution >= 4 is 28.6 Å². The molecule has 2 N–H and O–H groups in total. The summed E-state index contributed by atoms with van der Waals surface area (Å²) in [6.07, 6.45) is -8.55. The summed E-state index contributed by atoms with van der Waals surface area (Å²) in [6, 6.07) is 0. The number of nitrogens with zero attached hydrogens (tertiary/aromatic N) is 1. The highest BCUT2D eigenvalue weighted by Crippen LogP contribution is 2.65. The van der Waals surface area contributed by atoms with Gasteiger partial charge >= 0.3 is 18.3 Å². The van der Waals surface area contributed by atoms with E-state index >= 15 is 13.2 Å². The molecule has 0 amide bonds. The van der Waals surface area contributed by atoms with Crippen LogP contribution in [0, 0.1) is 41.4 Å². The van der Waals surface area contributed by atoms with E-state index in [1.807, 2.05) is 36.4 Å². The third-order valence-corrected chi connectivity index (χ3v) is 15.1. The van der Waals surface area contributed by atoms with Crippen molar-refractivity contribution < 1.29 is 74.8 Å². The van der Waals surface area contributed by atoms with Crippen LogP contribution < -0.4 is 0 Å². The van der Waals surface area contributed by atoms with Gasteiger partial charge < -0.3 is 33.5 Å². The number of hydrogen-bond donors (Lipinski definition) is 2. The van der Waals surface area contributed by atoms with Crippen LogP contribution in [0.15, 0.2) is 11.3 Å². The SMILES string of the molecule is C[C@@H]1CC[C@H]2[C@@H](C)[C@](OCCCCN(CC(=O)O)CC3=C(C(F)(F)F)O[C@@H]4OC5(C)CCC6[C@H](C)CC[C@@H]3[C@]64O5)(C(F)(F)F)O[C@@H]3O[C@](C)(I)CCC1C32OO. The molecule has 2 saturated carbocycles. The number of carboxylic acids is 1. The molecular weight excluding hydrogens is 871 g/mol. The van der Waals surface area contributed by atoms with Gasteiger partial charge in [0.1, 0.15) is 9.21 Å². The molecule has 7 aliphatic rings. The zero-order valence-corrected chi connectivity index (χ0v) is 34.5. The fourth-order valence-electron chi connectivity index (χ4n) is 11.8. The van der Waals surface area contributed by atoms with E-state index in [0.29, 0.717) is 51.4 Å². The van der Waals surface area contributed by atoms with Crippen LogP contribution in [0.2, 0.25) is 0 Å². The van der Waals surface area contributed by atoms with Gasteiger partial charge in [-0.3, -0.25) is 15.0 Å². The van der Waals surface area contributed by atoms with Crippen LogP contribution in [-0.2, 0) is 38.1 Å². The first-order valence-corrected chi connectivity index (χ1v) is 21.0. The zero-order chi connectivity index (χ0) is 40.9. The summed E-state index contributed by atoms with van der Waals surface area (Å²) >= 11 is 2.03. The molecule has 14 atom stereocenters. The van der Waals surface area contributed by atoms with Crippen molar-refractivity contribution in [2.75, 3.05) is 26.2 Å². The molecule has 5 heterocycles. The molecule has 4 saturated heterocycles. The molecule has 0 aromatic heterocycles. The summed E-state index contributed by atoms with van der Waals surface area (Å²) < 4.78 is 125. The third kappa shape index (κ3) is 7.01. The van der Waals surface area contributed by atoms with Crippen molar-refractivity contribution in [1.29, 1.82) is 0 Å². The summed E-state index contributed by atoms with van der Waals surface area (Å²) in [6.45, 7) is 7.35. The van der Waals surface area contributed by atoms with E-state index in [0.717, 1.165) is 0 Å². The maximum absolute atomic E-state index is 15.3. The molecular formula is C38H54F6INO10. The number of ether oxygens (including phenoxy) is 6. The predicted octanol–water partition coefficient (Wildman–Crippen LogP) is 8.40. The normalized spacial score (nSPS) is 46.2. The van der Waals surface area contributed by atoms with Crippen molar-refractivity contribution in [3.63, 3.8) is 0 Å². The predicted molar refractivity (Wildman–Crippen MR) is 193 cm³/mol. The van der Waals surface area contributed by atoms with Gasteiger partial charge in [0.25, 0.3) is 5.79 Å². The fourth-order valence-corrected chi connectivity index (χ4v) is 12.3. The quantitative estimate of drug-likeness (QED) is 0.0519. The minimum atomic E-state index is -5.03. The third-order valence-electron chi connectivity index (χ3n) is 14.3. The Kier molecular flexibility index (Phi) is 11.4. The number of hydrogen-bond acceptors (Lipinski definition) is 10. The highest BCUT2D eigenvalue weighted by atomic mass is 127. The number of allylic oxidation sites excluding steroid dienone is 1. The van der Waals surface area contributed by atoms with Crippen LogP contribution >= 0.6 is 22.6 Å². The number of rotatable bonds is 11. The molecule has 56 heavy (non-hydrogen) atoms. The standard InChI is InChI=1S/C38H54F6INO10/c1-20-9-11-27-23(29(37(39,40)41)51-30-34(27)24(20)13-15-33(5,53-30)55-34)18-46(19-28(47)48)16-6-7-17-50-36(38(42,43)44)22(3)26-10-8-21(2)25-12-14-32(4,45)52-31(54-36)35(25,26)56-49/h20-22,24-27,30-31,49H,6-19H2,1-5H3,(H,47,48)/t20-,21-,22-,24?,25?,26+,27+,30-,31+,32+,33?,34-,35?,36-/m1/s1. The van der Waals surface area contributed by atoms with E-state index in [2.05, 4.69) is 0 Å². The molecule has 2 aliphatic carbocycles. The molecule has 0 aromatic carbocycles. The first kappa shape index (κ1) is 43.1. The van der Waals surface area contributed by atoms with E-state index in [-0.39, 0.29) is 48.6 Å². The second kappa shape index (κ2) is 14.9. The van der Waals surface area contributed by atoms with Crippen LogP contribution in [0.3, 0.4) is 0 Å². The number of carboxylic acid groups (broad SMARTS) is 1. The van der Waals surface area contributed by atoms with Crippen molar-refractivity contribution in [2.45, 2.75) is 150 Å². The lowest BCUT2D eigenvalue weighted by molar-refractivity contribution is -0.517. The minimum absolute atomic E-state index is 0.00245. The summed E-state index contributed by atoms with van der Waals surface area (Å²) in [5, 5.41) is 20.3. The second-order valence-corrected chi connectivity index (χ2v) is 20.1. The lowest BCUT2D eigenvalue weighted by Crippen LogP contribution is -2.74. The molecule has 4 unspecified atom stereocenters. The van der Waals surface area contributed by atoms with Gasteiger partial charge in [-0.05, 0) is 130 Å². The van der Waals surface area contributed by atoms with Gasteiger partial charge in [0.15, 0.2) is 17.7 Å². The van der Waals surface area contributed by atoms with Crippen LogP contribution in [-0.4, -0.2) is 98.8 Å². The van der Waals surface area contributed by atoms with Gasteiger partial charge in [0.2, 0.25) is 12.0 Å². The zero-order valence-electron chi connectivity index (χ0n) is 32.3. The topological polar surface area (TPSA) is 125 Å². The van der Waals surface area contributed by atoms with Crippen LogP contribution in [0.1, 0.15) is 98.8 Å². The van der Waals surface area contributed by atoms with Gasteiger partial charge in [-0.15, -0.1) is 0 Å². The molecule has 5 aliphatic heterocycles. The lowest BCUT2D eigenvalue weighted by atomic mass is 9.56. The number of carbonyl (C=O) groups is 1. The second-order valence-electron chi connectivity index (χ2n) is 17.8. The highest BCUT2D eigenvalue weighted by Gasteiger charge is 2.76. The molecule has 11 nitrogen and oxygen atoms in total. The maximum atomic E-state index is 15.3. The van der Waals surface area contributed by atoms with Gasteiger partial charge in [-0.25, -0.2) is 4.89 Å². The Morgan fingerprint density at radius 3 is 2.23 bits per heavy atom. The van der Waals surface area contributed by atoms with Gasteiger partial charge in [0, 0.05) is 30.7 Å².